The first-order valence-electron chi connectivity index (χ1n) is 13.1. The van der Waals surface area contributed by atoms with Crippen LogP contribution in [0.1, 0.15) is 54.6 Å². The minimum atomic E-state index is -0.980. The molecule has 1 N–H and O–H groups in total. The Kier molecular flexibility index (Phi) is 7.67. The van der Waals surface area contributed by atoms with Crippen molar-refractivity contribution < 1.29 is 19.1 Å². The van der Waals surface area contributed by atoms with Gasteiger partial charge in [0.2, 0.25) is 11.8 Å². The maximum absolute atomic E-state index is 14.1. The number of amides is 2. The summed E-state index contributed by atoms with van der Waals surface area (Å²) in [5, 5.41) is 11.5. The number of Topliss-reactive ketones (excluding diaryl/α,β-unsaturated/α-hetero) is 1. The quantitative estimate of drug-likeness (QED) is 0.323. The molecule has 0 saturated heterocycles. The maximum Gasteiger partial charge on any atom is 0.249 e. The lowest BCUT2D eigenvalue weighted by atomic mass is 10.0. The number of fused-ring (bicyclic) bond motifs is 1. The first kappa shape index (κ1) is 26.1. The monoisotopic (exact) mass is 525 g/mol. The fourth-order valence-electron chi connectivity index (χ4n) is 5.11. The van der Waals surface area contributed by atoms with Gasteiger partial charge in [-0.3, -0.25) is 19.3 Å². The molecule has 1 aliphatic rings. The predicted octanol–water partition coefficient (Wildman–Crippen LogP) is 4.48. The number of aromatic nitrogens is 3. The van der Waals surface area contributed by atoms with Gasteiger partial charge in [-0.2, -0.15) is 0 Å². The van der Waals surface area contributed by atoms with Crippen molar-refractivity contribution in [3.63, 3.8) is 0 Å². The van der Waals surface area contributed by atoms with Crippen LogP contribution in [0.4, 0.5) is 5.69 Å². The molecule has 9 nitrogen and oxygen atoms in total. The zero-order chi connectivity index (χ0) is 27.4. The Morgan fingerprint density at radius 2 is 1.77 bits per heavy atom. The van der Waals surface area contributed by atoms with E-state index in [2.05, 4.69) is 15.6 Å². The number of methoxy groups -OCH3 is 1. The van der Waals surface area contributed by atoms with E-state index < -0.39 is 6.04 Å². The van der Waals surface area contributed by atoms with Crippen LogP contribution < -0.4 is 15.0 Å². The smallest absolute Gasteiger partial charge is 0.249 e. The van der Waals surface area contributed by atoms with Crippen LogP contribution in [0.5, 0.6) is 5.75 Å². The summed E-state index contributed by atoms with van der Waals surface area (Å²) < 4.78 is 6.98. The van der Waals surface area contributed by atoms with Gasteiger partial charge < -0.3 is 10.1 Å². The minimum absolute atomic E-state index is 0.0573. The van der Waals surface area contributed by atoms with Gasteiger partial charge in [-0.15, -0.1) is 5.10 Å². The van der Waals surface area contributed by atoms with Gasteiger partial charge in [0.1, 0.15) is 23.9 Å². The van der Waals surface area contributed by atoms with Crippen molar-refractivity contribution in [1.82, 2.24) is 20.3 Å². The lowest BCUT2D eigenvalue weighted by Crippen LogP contribution is -2.47. The van der Waals surface area contributed by atoms with Crippen molar-refractivity contribution in [2.75, 3.05) is 12.0 Å². The summed E-state index contributed by atoms with van der Waals surface area (Å²) in [6.07, 6.45) is 3.93. The normalized spacial score (nSPS) is 14.2. The van der Waals surface area contributed by atoms with E-state index in [0.717, 1.165) is 25.7 Å². The summed E-state index contributed by atoms with van der Waals surface area (Å²) in [6.45, 7) is 1.36. The molecule has 0 unspecified atom stereocenters. The first-order valence-corrected chi connectivity index (χ1v) is 13.1. The molecule has 0 bridgehead atoms. The van der Waals surface area contributed by atoms with Gasteiger partial charge in [0, 0.05) is 17.3 Å². The molecule has 4 aromatic rings. The Morgan fingerprint density at radius 3 is 2.49 bits per heavy atom. The number of para-hydroxylation sites is 1. The molecule has 1 saturated carbocycles. The summed E-state index contributed by atoms with van der Waals surface area (Å²) in [5.41, 5.74) is 3.00. The third-order valence-corrected chi connectivity index (χ3v) is 7.14. The Morgan fingerprint density at radius 1 is 1.03 bits per heavy atom. The van der Waals surface area contributed by atoms with Gasteiger partial charge in [-0.25, -0.2) is 4.68 Å². The van der Waals surface area contributed by atoms with Gasteiger partial charge >= 0.3 is 0 Å². The van der Waals surface area contributed by atoms with E-state index in [-0.39, 0.29) is 30.2 Å². The molecule has 39 heavy (non-hydrogen) atoms. The average Bonchev–Trinajstić information content (AvgIpc) is 3.61. The van der Waals surface area contributed by atoms with Crippen LogP contribution in [-0.4, -0.2) is 45.7 Å². The first-order chi connectivity index (χ1) is 18.9. The van der Waals surface area contributed by atoms with E-state index in [9.17, 15) is 14.4 Å². The van der Waals surface area contributed by atoms with E-state index in [1.165, 1.54) is 16.5 Å². The second-order valence-corrected chi connectivity index (χ2v) is 9.77. The van der Waals surface area contributed by atoms with Crippen molar-refractivity contribution in [2.24, 2.45) is 0 Å². The van der Waals surface area contributed by atoms with Crippen LogP contribution in [0.3, 0.4) is 0 Å². The number of rotatable bonds is 9. The van der Waals surface area contributed by atoms with E-state index in [1.54, 1.807) is 49.6 Å². The van der Waals surface area contributed by atoms with Crippen LogP contribution >= 0.6 is 0 Å². The second-order valence-electron chi connectivity index (χ2n) is 9.77. The Labute approximate surface area is 226 Å². The summed E-state index contributed by atoms with van der Waals surface area (Å²) in [5.74, 6) is -0.136. The lowest BCUT2D eigenvalue weighted by molar-refractivity contribution is -0.127. The minimum Gasteiger partial charge on any atom is -0.497 e. The summed E-state index contributed by atoms with van der Waals surface area (Å²) in [7, 11) is 1.56. The van der Waals surface area contributed by atoms with E-state index >= 15 is 0 Å². The third kappa shape index (κ3) is 5.67. The Bertz CT molecular complexity index is 1490. The standard InChI is InChI=1S/C30H31N5O4/c1-20(36)21-14-16-24(17-15-21)35(28(37)19-34-27-13-6-5-12-26(27)32-33-34)29(22-8-7-11-25(18-22)39-2)30(38)31-23-9-3-4-10-23/h5-8,11-18,23,29H,3-4,9-10,19H2,1-2H3,(H,31,38)/t29-/m0/s1. The topological polar surface area (TPSA) is 106 Å². The largest absolute Gasteiger partial charge is 0.497 e. The van der Waals surface area contributed by atoms with Crippen molar-refractivity contribution >= 4 is 34.3 Å². The molecule has 1 atom stereocenters. The molecule has 1 aromatic heterocycles. The van der Waals surface area contributed by atoms with Crippen LogP contribution in [0.15, 0.2) is 72.8 Å². The molecule has 0 spiro atoms. The number of carbonyl (C=O) groups is 3. The van der Waals surface area contributed by atoms with E-state index in [4.69, 9.17) is 4.74 Å². The molecular weight excluding hydrogens is 494 g/mol. The number of hydrogen-bond donors (Lipinski definition) is 1. The molecule has 9 heteroatoms. The second kappa shape index (κ2) is 11.5. The summed E-state index contributed by atoms with van der Waals surface area (Å²) in [6, 6.07) is 20.4. The Hall–Kier alpha value is -4.53. The highest BCUT2D eigenvalue weighted by Gasteiger charge is 2.35. The van der Waals surface area contributed by atoms with E-state index in [0.29, 0.717) is 33.6 Å². The predicted molar refractivity (Wildman–Crippen MR) is 148 cm³/mol. The molecule has 5 rings (SSSR count). The van der Waals surface area contributed by atoms with Crippen LogP contribution in [0.2, 0.25) is 0 Å². The van der Waals surface area contributed by atoms with Crippen molar-refractivity contribution in [1.29, 1.82) is 0 Å². The number of ketones is 1. The van der Waals surface area contributed by atoms with Crippen molar-refractivity contribution in [2.45, 2.75) is 51.2 Å². The highest BCUT2D eigenvalue weighted by atomic mass is 16.5. The number of ether oxygens (including phenoxy) is 1. The molecule has 3 aromatic carbocycles. The van der Waals surface area contributed by atoms with Gasteiger partial charge in [0.05, 0.1) is 12.6 Å². The fourth-order valence-corrected chi connectivity index (χ4v) is 5.11. The molecule has 0 radical (unpaired) electrons. The zero-order valence-electron chi connectivity index (χ0n) is 22.0. The van der Waals surface area contributed by atoms with Gasteiger partial charge in [-0.1, -0.05) is 42.3 Å². The molecule has 0 aliphatic heterocycles. The van der Waals surface area contributed by atoms with Crippen LogP contribution in [0, 0.1) is 0 Å². The maximum atomic E-state index is 14.1. The Balaban J connectivity index is 1.59. The number of anilines is 1. The third-order valence-electron chi connectivity index (χ3n) is 7.14. The number of nitrogens with one attached hydrogen (secondary N) is 1. The summed E-state index contributed by atoms with van der Waals surface area (Å²) >= 11 is 0. The van der Waals surface area contributed by atoms with Gasteiger partial charge in [0.25, 0.3) is 0 Å². The van der Waals surface area contributed by atoms with Crippen LogP contribution in [-0.2, 0) is 16.1 Å². The number of nitrogens with zero attached hydrogens (tertiary/aromatic N) is 4. The van der Waals surface area contributed by atoms with Crippen molar-refractivity contribution in [3.8, 4) is 5.75 Å². The highest BCUT2D eigenvalue weighted by molar-refractivity contribution is 6.02. The van der Waals surface area contributed by atoms with Gasteiger partial charge in [-0.05, 0) is 73.9 Å². The van der Waals surface area contributed by atoms with Gasteiger partial charge in [0.15, 0.2) is 5.78 Å². The zero-order valence-corrected chi connectivity index (χ0v) is 22.0. The SMILES string of the molecule is COc1cccc([C@@H](C(=O)NC2CCCC2)N(C(=O)Cn2nnc3ccccc32)c2ccc(C(C)=O)cc2)c1. The number of hydrogen-bond acceptors (Lipinski definition) is 6. The molecule has 200 valence electrons. The molecule has 1 aliphatic carbocycles. The van der Waals surface area contributed by atoms with E-state index in [1.807, 2.05) is 30.3 Å². The molecule has 2 amide bonds. The average molecular weight is 526 g/mol. The summed E-state index contributed by atoms with van der Waals surface area (Å²) in [4.78, 5) is 41.5. The lowest BCUT2D eigenvalue weighted by Gasteiger charge is -2.32. The number of carbonyl (C=O) groups excluding carboxylic acids is 3. The molecular formula is C30H31N5O4. The highest BCUT2D eigenvalue weighted by Crippen LogP contribution is 2.32. The fraction of sp³-hybridized carbons (Fsp3) is 0.300. The molecule has 1 fully saturated rings. The van der Waals surface area contributed by atoms with Crippen molar-refractivity contribution in [3.05, 3.63) is 83.9 Å². The number of benzene rings is 3. The molecule has 1 heterocycles. The van der Waals surface area contributed by atoms with Crippen LogP contribution in [0.25, 0.3) is 11.0 Å².